The van der Waals surface area contributed by atoms with Crippen molar-refractivity contribution in [2.45, 2.75) is 50.7 Å². The third kappa shape index (κ3) is 3.74. The Labute approximate surface area is 150 Å². The number of likely N-dealkylation sites (tertiary alicyclic amines) is 1. The van der Waals surface area contributed by atoms with Crippen LogP contribution in [0.3, 0.4) is 0 Å². The van der Waals surface area contributed by atoms with Gasteiger partial charge in [0.25, 0.3) is 0 Å². The van der Waals surface area contributed by atoms with Gasteiger partial charge in [0, 0.05) is 12.5 Å². The lowest BCUT2D eigenvalue weighted by Crippen LogP contribution is -2.48. The van der Waals surface area contributed by atoms with E-state index in [0.717, 1.165) is 18.7 Å². The van der Waals surface area contributed by atoms with Crippen LogP contribution in [0.1, 0.15) is 37.1 Å². The van der Waals surface area contributed by atoms with Crippen LogP contribution in [0, 0.1) is 5.92 Å². The van der Waals surface area contributed by atoms with Gasteiger partial charge in [-0.1, -0.05) is 31.2 Å². The third-order valence-corrected chi connectivity index (χ3v) is 5.74. The van der Waals surface area contributed by atoms with E-state index in [-0.39, 0.29) is 24.4 Å². The van der Waals surface area contributed by atoms with Gasteiger partial charge in [0.15, 0.2) is 0 Å². The number of hydrogen-bond acceptors (Lipinski definition) is 6. The maximum Gasteiger partial charge on any atom is 0.102 e. The standard InChI is InChI=1S/C19H30N4O2/c1-13-11-24-18-16(12-25-17(13)18)21-19(22-20)15-6-4-5-14(9-15)10-23-7-2-3-8-23/h4-6,9,13,16-19,21-22H,2-3,7-8,10-12,20H2,1H3/t13-,16-,17+,18+,19?/m0/s1. The zero-order chi connectivity index (χ0) is 17.2. The number of hydrazine groups is 1. The zero-order valence-corrected chi connectivity index (χ0v) is 15.0. The minimum absolute atomic E-state index is 0.106. The Balaban J connectivity index is 1.42. The number of fused-ring (bicyclic) bond motifs is 1. The molecule has 0 aliphatic carbocycles. The van der Waals surface area contributed by atoms with E-state index in [2.05, 4.69) is 46.8 Å². The summed E-state index contributed by atoms with van der Waals surface area (Å²) in [6.45, 7) is 7.07. The molecule has 0 amide bonds. The summed E-state index contributed by atoms with van der Waals surface area (Å²) >= 11 is 0. The molecule has 1 aromatic carbocycles. The summed E-state index contributed by atoms with van der Waals surface area (Å²) in [6, 6.07) is 8.86. The normalized spacial score (nSPS) is 33.7. The molecule has 0 saturated carbocycles. The fourth-order valence-electron chi connectivity index (χ4n) is 4.36. The second kappa shape index (κ2) is 7.70. The Kier molecular flexibility index (Phi) is 5.36. The van der Waals surface area contributed by atoms with Crippen molar-refractivity contribution >= 4 is 0 Å². The van der Waals surface area contributed by atoms with Crippen LogP contribution in [0.4, 0.5) is 0 Å². The Morgan fingerprint density at radius 2 is 2.00 bits per heavy atom. The molecule has 0 spiro atoms. The molecule has 6 heteroatoms. The van der Waals surface area contributed by atoms with Gasteiger partial charge in [-0.3, -0.25) is 16.1 Å². The second-order valence-corrected chi connectivity index (χ2v) is 7.67. The molecule has 3 saturated heterocycles. The minimum Gasteiger partial charge on any atom is -0.373 e. The van der Waals surface area contributed by atoms with E-state index in [4.69, 9.17) is 15.3 Å². The summed E-state index contributed by atoms with van der Waals surface area (Å²) in [6.07, 6.45) is 2.86. The van der Waals surface area contributed by atoms with Crippen LogP contribution in [0.2, 0.25) is 0 Å². The van der Waals surface area contributed by atoms with E-state index in [1.807, 2.05) is 0 Å². The molecule has 0 aromatic heterocycles. The Bertz CT molecular complexity index is 578. The molecule has 6 nitrogen and oxygen atoms in total. The molecule has 1 aromatic rings. The fraction of sp³-hybridized carbons (Fsp3) is 0.684. The van der Waals surface area contributed by atoms with Gasteiger partial charge in [-0.25, -0.2) is 5.43 Å². The predicted molar refractivity (Wildman–Crippen MR) is 96.6 cm³/mol. The summed E-state index contributed by atoms with van der Waals surface area (Å²) in [5.74, 6) is 6.32. The van der Waals surface area contributed by atoms with E-state index in [1.165, 1.54) is 31.5 Å². The van der Waals surface area contributed by atoms with Crippen molar-refractivity contribution in [3.63, 3.8) is 0 Å². The molecule has 3 aliphatic rings. The molecule has 4 N–H and O–H groups in total. The van der Waals surface area contributed by atoms with Gasteiger partial charge >= 0.3 is 0 Å². The Morgan fingerprint density at radius 3 is 2.80 bits per heavy atom. The fourth-order valence-corrected chi connectivity index (χ4v) is 4.36. The summed E-state index contributed by atoms with van der Waals surface area (Å²) in [5.41, 5.74) is 5.42. The molecule has 0 bridgehead atoms. The average molecular weight is 346 g/mol. The first-order valence-corrected chi connectivity index (χ1v) is 9.51. The van der Waals surface area contributed by atoms with Gasteiger partial charge in [-0.05, 0) is 37.1 Å². The van der Waals surface area contributed by atoms with Gasteiger partial charge in [0.1, 0.15) is 6.10 Å². The Morgan fingerprint density at radius 1 is 1.20 bits per heavy atom. The van der Waals surface area contributed by atoms with Crippen molar-refractivity contribution in [3.05, 3.63) is 35.4 Å². The minimum atomic E-state index is -0.106. The maximum absolute atomic E-state index is 5.93. The van der Waals surface area contributed by atoms with Crippen molar-refractivity contribution in [2.24, 2.45) is 11.8 Å². The molecule has 3 heterocycles. The molecule has 5 atom stereocenters. The monoisotopic (exact) mass is 346 g/mol. The van der Waals surface area contributed by atoms with Crippen molar-refractivity contribution in [1.29, 1.82) is 0 Å². The van der Waals surface area contributed by atoms with E-state index < -0.39 is 0 Å². The van der Waals surface area contributed by atoms with Crippen molar-refractivity contribution in [2.75, 3.05) is 26.3 Å². The highest BCUT2D eigenvalue weighted by molar-refractivity contribution is 5.26. The number of benzene rings is 1. The van der Waals surface area contributed by atoms with Gasteiger partial charge in [-0.2, -0.15) is 0 Å². The zero-order valence-electron chi connectivity index (χ0n) is 15.0. The summed E-state index contributed by atoms with van der Waals surface area (Å²) in [4.78, 5) is 2.51. The highest BCUT2D eigenvalue weighted by Gasteiger charge is 2.46. The van der Waals surface area contributed by atoms with Gasteiger partial charge in [0.05, 0.1) is 31.5 Å². The van der Waals surface area contributed by atoms with Gasteiger partial charge in [-0.15, -0.1) is 0 Å². The number of nitrogens with one attached hydrogen (secondary N) is 2. The van der Waals surface area contributed by atoms with Crippen molar-refractivity contribution in [1.82, 2.24) is 15.6 Å². The molecule has 3 aliphatic heterocycles. The topological polar surface area (TPSA) is 71.8 Å². The summed E-state index contributed by atoms with van der Waals surface area (Å²) < 4.78 is 11.9. The van der Waals surface area contributed by atoms with E-state index in [1.54, 1.807) is 0 Å². The molecular formula is C19H30N4O2. The van der Waals surface area contributed by atoms with Crippen molar-refractivity contribution < 1.29 is 9.47 Å². The smallest absolute Gasteiger partial charge is 0.102 e. The molecule has 0 radical (unpaired) electrons. The highest BCUT2D eigenvalue weighted by Crippen LogP contribution is 2.31. The van der Waals surface area contributed by atoms with Gasteiger partial charge < -0.3 is 9.47 Å². The van der Waals surface area contributed by atoms with Crippen LogP contribution >= 0.6 is 0 Å². The molecule has 1 unspecified atom stereocenters. The lowest BCUT2D eigenvalue weighted by Gasteiger charge is -2.25. The Hall–Kier alpha value is -1.02. The first-order valence-electron chi connectivity index (χ1n) is 9.51. The molecule has 4 rings (SSSR count). The van der Waals surface area contributed by atoms with E-state index in [9.17, 15) is 0 Å². The number of nitrogens with zero attached hydrogens (tertiary/aromatic N) is 1. The number of ether oxygens (including phenoxy) is 2. The van der Waals surface area contributed by atoms with E-state index >= 15 is 0 Å². The lowest BCUT2D eigenvalue weighted by atomic mass is 10.0. The predicted octanol–water partition coefficient (Wildman–Crippen LogP) is 1.14. The summed E-state index contributed by atoms with van der Waals surface area (Å²) in [5, 5.41) is 3.60. The van der Waals surface area contributed by atoms with Crippen LogP contribution < -0.4 is 16.6 Å². The van der Waals surface area contributed by atoms with Crippen molar-refractivity contribution in [3.8, 4) is 0 Å². The maximum atomic E-state index is 5.93. The molecule has 138 valence electrons. The average Bonchev–Trinajstić information content (AvgIpc) is 3.34. The van der Waals surface area contributed by atoms with Crippen LogP contribution in [-0.4, -0.2) is 49.5 Å². The largest absolute Gasteiger partial charge is 0.373 e. The molecule has 3 fully saturated rings. The lowest BCUT2D eigenvalue weighted by molar-refractivity contribution is 0.0631. The van der Waals surface area contributed by atoms with Crippen LogP contribution in [0.25, 0.3) is 0 Å². The first-order chi connectivity index (χ1) is 12.2. The summed E-state index contributed by atoms with van der Waals surface area (Å²) in [7, 11) is 0. The highest BCUT2D eigenvalue weighted by atomic mass is 16.6. The van der Waals surface area contributed by atoms with Gasteiger partial charge in [0.2, 0.25) is 0 Å². The van der Waals surface area contributed by atoms with Crippen LogP contribution in [-0.2, 0) is 16.0 Å². The quantitative estimate of drug-likeness (QED) is 0.408. The van der Waals surface area contributed by atoms with Crippen LogP contribution in [0.15, 0.2) is 24.3 Å². The van der Waals surface area contributed by atoms with E-state index in [0.29, 0.717) is 12.5 Å². The first kappa shape index (κ1) is 17.4. The number of rotatable bonds is 6. The number of hydrogen-bond donors (Lipinski definition) is 3. The van der Waals surface area contributed by atoms with Crippen LogP contribution in [0.5, 0.6) is 0 Å². The molecular weight excluding hydrogens is 316 g/mol. The number of nitrogens with two attached hydrogens (primary N) is 1. The molecule has 25 heavy (non-hydrogen) atoms. The third-order valence-electron chi connectivity index (χ3n) is 5.74. The SMILES string of the molecule is C[C@H]1CO[C@H]2[C@@H]1OC[C@@H]2NC(NN)c1cccc(CN2CCCC2)c1. The second-order valence-electron chi connectivity index (χ2n) is 7.67.